The Morgan fingerprint density at radius 3 is 2.52 bits per heavy atom. The second-order valence-electron chi connectivity index (χ2n) is 8.29. The van der Waals surface area contributed by atoms with Crippen molar-refractivity contribution in [1.29, 1.82) is 0 Å². The van der Waals surface area contributed by atoms with Crippen molar-refractivity contribution in [2.24, 2.45) is 0 Å². The lowest BCUT2D eigenvalue weighted by atomic mass is 10.1. The second kappa shape index (κ2) is 11.4. The first-order valence-electron chi connectivity index (χ1n) is 11.4. The molecule has 0 saturated carbocycles. The number of fused-ring (bicyclic) bond motifs is 1. The average molecular weight is 451 g/mol. The van der Waals surface area contributed by atoms with Crippen LogP contribution in [0, 0.1) is 0 Å². The van der Waals surface area contributed by atoms with E-state index in [2.05, 4.69) is 16.4 Å². The summed E-state index contributed by atoms with van der Waals surface area (Å²) in [4.78, 5) is 32.7. The summed E-state index contributed by atoms with van der Waals surface area (Å²) in [7, 11) is 1.63. The number of hydrogen-bond donors (Lipinski definition) is 2. The van der Waals surface area contributed by atoms with Gasteiger partial charge in [-0.1, -0.05) is 36.4 Å². The van der Waals surface area contributed by atoms with Crippen LogP contribution in [0.4, 0.5) is 4.79 Å². The normalized spacial score (nSPS) is 10.9. The Hall–Kier alpha value is -3.48. The molecule has 7 heteroatoms. The van der Waals surface area contributed by atoms with Crippen molar-refractivity contribution in [2.45, 2.75) is 39.8 Å². The number of aromatic amines is 1. The van der Waals surface area contributed by atoms with Crippen LogP contribution in [0.15, 0.2) is 54.7 Å². The molecule has 33 heavy (non-hydrogen) atoms. The average Bonchev–Trinajstić information content (AvgIpc) is 3.23. The van der Waals surface area contributed by atoms with E-state index in [1.807, 2.05) is 74.3 Å². The first-order chi connectivity index (χ1) is 15.9. The van der Waals surface area contributed by atoms with Crippen molar-refractivity contribution < 1.29 is 14.3 Å². The van der Waals surface area contributed by atoms with E-state index in [4.69, 9.17) is 4.74 Å². The van der Waals surface area contributed by atoms with E-state index in [1.54, 1.807) is 12.0 Å². The third-order valence-electron chi connectivity index (χ3n) is 5.75. The minimum atomic E-state index is -0.227. The molecule has 0 atom stereocenters. The molecule has 0 aliphatic heterocycles. The summed E-state index contributed by atoms with van der Waals surface area (Å²) in [6.07, 6.45) is 2.71. The molecule has 0 saturated heterocycles. The van der Waals surface area contributed by atoms with E-state index in [-0.39, 0.29) is 24.5 Å². The largest absolute Gasteiger partial charge is 0.496 e. The standard InChI is InChI=1S/C26H34N4O3/c1-5-27-26(32)30(19(2)3)18-25(31)29(17-21-10-6-9-13-24(21)33-4)15-14-20-16-28-23-12-8-7-11-22(20)23/h6-13,16,19,28H,5,14-15,17-18H2,1-4H3,(H,27,32). The molecule has 3 amide bonds. The van der Waals surface area contributed by atoms with Crippen molar-refractivity contribution in [3.8, 4) is 5.75 Å². The molecule has 3 rings (SSSR count). The number of methoxy groups -OCH3 is 1. The van der Waals surface area contributed by atoms with E-state index >= 15 is 0 Å². The molecule has 0 fully saturated rings. The van der Waals surface area contributed by atoms with E-state index in [1.165, 1.54) is 0 Å². The molecular weight excluding hydrogens is 416 g/mol. The quantitative estimate of drug-likeness (QED) is 0.486. The number of benzene rings is 2. The van der Waals surface area contributed by atoms with Gasteiger partial charge < -0.3 is 24.8 Å². The number of aromatic nitrogens is 1. The Balaban J connectivity index is 1.82. The summed E-state index contributed by atoms with van der Waals surface area (Å²) < 4.78 is 5.51. The fraction of sp³-hybridized carbons (Fsp3) is 0.385. The Kier molecular flexibility index (Phi) is 8.35. The van der Waals surface area contributed by atoms with Gasteiger partial charge in [0.25, 0.3) is 0 Å². The Morgan fingerprint density at radius 1 is 1.06 bits per heavy atom. The maximum atomic E-state index is 13.4. The fourth-order valence-electron chi connectivity index (χ4n) is 3.91. The highest BCUT2D eigenvalue weighted by molar-refractivity contribution is 5.85. The molecule has 1 aromatic heterocycles. The van der Waals surface area contributed by atoms with Crippen LogP contribution in [0.5, 0.6) is 5.75 Å². The van der Waals surface area contributed by atoms with Gasteiger partial charge >= 0.3 is 6.03 Å². The number of hydrogen-bond acceptors (Lipinski definition) is 3. The van der Waals surface area contributed by atoms with Crippen molar-refractivity contribution in [3.05, 3.63) is 65.9 Å². The first-order valence-corrected chi connectivity index (χ1v) is 11.4. The van der Waals surface area contributed by atoms with Crippen LogP contribution in [0.2, 0.25) is 0 Å². The molecule has 3 aromatic rings. The molecule has 0 aliphatic rings. The first kappa shape index (κ1) is 24.2. The van der Waals surface area contributed by atoms with Crippen molar-refractivity contribution >= 4 is 22.8 Å². The predicted molar refractivity (Wildman–Crippen MR) is 131 cm³/mol. The molecule has 176 valence electrons. The summed E-state index contributed by atoms with van der Waals surface area (Å²) >= 11 is 0. The summed E-state index contributed by atoms with van der Waals surface area (Å²) in [6, 6.07) is 15.5. The van der Waals surface area contributed by atoms with Gasteiger partial charge in [0.15, 0.2) is 0 Å². The van der Waals surface area contributed by atoms with Gasteiger partial charge in [0, 0.05) is 48.3 Å². The molecule has 1 heterocycles. The second-order valence-corrected chi connectivity index (χ2v) is 8.29. The molecule has 0 aliphatic carbocycles. The van der Waals surface area contributed by atoms with Crippen LogP contribution in [0.25, 0.3) is 10.9 Å². The number of nitrogens with one attached hydrogen (secondary N) is 2. The van der Waals surface area contributed by atoms with Crippen molar-refractivity contribution in [2.75, 3.05) is 26.7 Å². The van der Waals surface area contributed by atoms with Crippen LogP contribution < -0.4 is 10.1 Å². The van der Waals surface area contributed by atoms with E-state index in [0.717, 1.165) is 27.8 Å². The van der Waals surface area contributed by atoms with Gasteiger partial charge in [0.2, 0.25) is 5.91 Å². The number of carbonyl (C=O) groups is 2. The number of nitrogens with zero attached hydrogens (tertiary/aromatic N) is 2. The highest BCUT2D eigenvalue weighted by Gasteiger charge is 2.24. The number of para-hydroxylation sites is 2. The lowest BCUT2D eigenvalue weighted by Gasteiger charge is -2.30. The van der Waals surface area contributed by atoms with Gasteiger partial charge in [-0.05, 0) is 44.9 Å². The summed E-state index contributed by atoms with van der Waals surface area (Å²) in [5.74, 6) is 0.646. The van der Waals surface area contributed by atoms with Gasteiger partial charge in [-0.15, -0.1) is 0 Å². The molecule has 2 N–H and O–H groups in total. The lowest BCUT2D eigenvalue weighted by Crippen LogP contribution is -2.49. The Labute approximate surface area is 195 Å². The number of carbonyl (C=O) groups excluding carboxylic acids is 2. The van der Waals surface area contributed by atoms with E-state index < -0.39 is 0 Å². The zero-order chi connectivity index (χ0) is 23.8. The zero-order valence-electron chi connectivity index (χ0n) is 19.9. The summed E-state index contributed by atoms with van der Waals surface area (Å²) in [5, 5.41) is 3.97. The maximum Gasteiger partial charge on any atom is 0.318 e. The number of rotatable bonds is 10. The molecule has 0 bridgehead atoms. The minimum Gasteiger partial charge on any atom is -0.496 e. The highest BCUT2D eigenvalue weighted by Crippen LogP contribution is 2.22. The smallest absolute Gasteiger partial charge is 0.318 e. The van der Waals surface area contributed by atoms with Crippen molar-refractivity contribution in [1.82, 2.24) is 20.1 Å². The van der Waals surface area contributed by atoms with Gasteiger partial charge in [-0.25, -0.2) is 4.79 Å². The topological polar surface area (TPSA) is 77.7 Å². The van der Waals surface area contributed by atoms with E-state index in [9.17, 15) is 9.59 Å². The fourth-order valence-corrected chi connectivity index (χ4v) is 3.91. The highest BCUT2D eigenvalue weighted by atomic mass is 16.5. The monoisotopic (exact) mass is 450 g/mol. The zero-order valence-corrected chi connectivity index (χ0v) is 19.9. The van der Waals surface area contributed by atoms with Gasteiger partial charge in [0.05, 0.1) is 7.11 Å². The predicted octanol–water partition coefficient (Wildman–Crippen LogP) is 4.19. The third-order valence-corrected chi connectivity index (χ3v) is 5.75. The maximum absolute atomic E-state index is 13.4. The molecule has 7 nitrogen and oxygen atoms in total. The van der Waals surface area contributed by atoms with Crippen LogP contribution in [-0.4, -0.2) is 59.5 Å². The number of H-pyrrole nitrogens is 1. The number of urea groups is 1. The SMILES string of the molecule is CCNC(=O)N(CC(=O)N(CCc1c[nH]c2ccccc12)Cc1ccccc1OC)C(C)C. The number of amides is 3. The van der Waals surface area contributed by atoms with Crippen LogP contribution in [0.1, 0.15) is 31.9 Å². The van der Waals surface area contributed by atoms with Crippen molar-refractivity contribution in [3.63, 3.8) is 0 Å². The Bertz CT molecular complexity index is 1080. The minimum absolute atomic E-state index is 0.0204. The van der Waals surface area contributed by atoms with Crippen LogP contribution in [0.3, 0.4) is 0 Å². The lowest BCUT2D eigenvalue weighted by molar-refractivity contribution is -0.132. The molecule has 2 aromatic carbocycles. The van der Waals surface area contributed by atoms with Crippen LogP contribution in [-0.2, 0) is 17.8 Å². The number of ether oxygens (including phenoxy) is 1. The molecule has 0 unspecified atom stereocenters. The van der Waals surface area contributed by atoms with Gasteiger partial charge in [-0.2, -0.15) is 0 Å². The van der Waals surface area contributed by atoms with Crippen LogP contribution >= 0.6 is 0 Å². The summed E-state index contributed by atoms with van der Waals surface area (Å²) in [6.45, 7) is 7.17. The molecular formula is C26H34N4O3. The molecule has 0 spiro atoms. The third kappa shape index (κ3) is 6.06. The van der Waals surface area contributed by atoms with Gasteiger partial charge in [0.1, 0.15) is 12.3 Å². The van der Waals surface area contributed by atoms with E-state index in [0.29, 0.717) is 26.1 Å². The summed E-state index contributed by atoms with van der Waals surface area (Å²) in [5.41, 5.74) is 3.17. The molecule has 0 radical (unpaired) electrons. The van der Waals surface area contributed by atoms with Gasteiger partial charge in [-0.3, -0.25) is 4.79 Å². The Morgan fingerprint density at radius 2 is 1.79 bits per heavy atom.